The van der Waals surface area contributed by atoms with E-state index in [0.717, 1.165) is 0 Å². The number of hydrogen-bond donors (Lipinski definition) is 1. The normalized spacial score (nSPS) is 11.6. The maximum Gasteiger partial charge on any atom is 0.451 e. The Balaban J connectivity index is 2.60. The molecule has 0 aliphatic rings. The van der Waals surface area contributed by atoms with Crippen LogP contribution in [0.3, 0.4) is 0 Å². The van der Waals surface area contributed by atoms with E-state index in [4.69, 9.17) is 17.3 Å². The number of rotatable bonds is 1. The Hall–Kier alpha value is -1.82. The van der Waals surface area contributed by atoms with Crippen LogP contribution in [0.2, 0.25) is 5.02 Å². The van der Waals surface area contributed by atoms with Crippen molar-refractivity contribution in [1.82, 2.24) is 9.97 Å². The molecule has 0 aliphatic carbocycles. The lowest BCUT2D eigenvalue weighted by atomic mass is 10.1. The number of nitrogen functional groups attached to an aromatic ring is 1. The van der Waals surface area contributed by atoms with Crippen LogP contribution in [0, 0.1) is 0 Å². The van der Waals surface area contributed by atoms with Gasteiger partial charge in [-0.2, -0.15) is 13.2 Å². The van der Waals surface area contributed by atoms with E-state index in [-0.39, 0.29) is 11.5 Å². The minimum absolute atomic E-state index is 0.0421. The third-order valence-electron chi connectivity index (χ3n) is 2.15. The number of aromatic nitrogens is 2. The van der Waals surface area contributed by atoms with Crippen LogP contribution in [0.25, 0.3) is 11.3 Å². The fourth-order valence-corrected chi connectivity index (χ4v) is 1.63. The highest BCUT2D eigenvalue weighted by atomic mass is 35.5. The Labute approximate surface area is 105 Å². The molecule has 94 valence electrons. The predicted molar refractivity (Wildman–Crippen MR) is 61.9 cm³/mol. The van der Waals surface area contributed by atoms with Gasteiger partial charge >= 0.3 is 6.18 Å². The van der Waals surface area contributed by atoms with Gasteiger partial charge in [0.2, 0.25) is 5.82 Å². The minimum Gasteiger partial charge on any atom is -0.384 e. The molecule has 0 radical (unpaired) electrons. The first-order valence-electron chi connectivity index (χ1n) is 4.84. The number of nitrogens with two attached hydrogens (primary N) is 1. The van der Waals surface area contributed by atoms with Crippen molar-refractivity contribution >= 4 is 17.4 Å². The summed E-state index contributed by atoms with van der Waals surface area (Å²) < 4.78 is 37.7. The van der Waals surface area contributed by atoms with Crippen molar-refractivity contribution in [3.05, 3.63) is 41.2 Å². The molecule has 2 rings (SSSR count). The van der Waals surface area contributed by atoms with Crippen molar-refractivity contribution in [2.75, 3.05) is 5.73 Å². The summed E-state index contributed by atoms with van der Waals surface area (Å²) in [7, 11) is 0. The smallest absolute Gasteiger partial charge is 0.384 e. The van der Waals surface area contributed by atoms with Gasteiger partial charge in [0.15, 0.2) is 0 Å². The molecule has 0 spiro atoms. The number of nitrogens with zero attached hydrogens (tertiary/aromatic N) is 2. The zero-order valence-electron chi connectivity index (χ0n) is 8.87. The van der Waals surface area contributed by atoms with Gasteiger partial charge in [-0.25, -0.2) is 9.97 Å². The summed E-state index contributed by atoms with van der Waals surface area (Å²) in [6.07, 6.45) is -4.65. The van der Waals surface area contributed by atoms with Gasteiger partial charge in [-0.3, -0.25) is 0 Å². The van der Waals surface area contributed by atoms with Crippen LogP contribution in [0.5, 0.6) is 0 Å². The van der Waals surface area contributed by atoms with Crippen LogP contribution in [-0.4, -0.2) is 9.97 Å². The number of hydrogen-bond acceptors (Lipinski definition) is 3. The Morgan fingerprint density at radius 2 is 1.78 bits per heavy atom. The molecule has 0 fully saturated rings. The molecule has 1 aromatic carbocycles. The number of benzene rings is 1. The zero-order chi connectivity index (χ0) is 13.3. The van der Waals surface area contributed by atoms with Gasteiger partial charge in [0.25, 0.3) is 0 Å². The highest BCUT2D eigenvalue weighted by Crippen LogP contribution is 2.31. The predicted octanol–water partition coefficient (Wildman–Crippen LogP) is 3.40. The maximum atomic E-state index is 12.6. The average Bonchev–Trinajstić information content (AvgIpc) is 2.27. The van der Waals surface area contributed by atoms with Crippen molar-refractivity contribution in [1.29, 1.82) is 0 Å². The highest BCUT2D eigenvalue weighted by Gasteiger charge is 2.35. The molecule has 1 aromatic heterocycles. The molecular weight excluding hydrogens is 267 g/mol. The molecule has 2 N–H and O–H groups in total. The second-order valence-electron chi connectivity index (χ2n) is 3.48. The molecule has 7 heteroatoms. The summed E-state index contributed by atoms with van der Waals surface area (Å²) in [4.78, 5) is 6.59. The second kappa shape index (κ2) is 4.45. The molecule has 0 saturated heterocycles. The molecule has 0 bridgehead atoms. The summed E-state index contributed by atoms with van der Waals surface area (Å²) in [5.41, 5.74) is 5.77. The van der Waals surface area contributed by atoms with Gasteiger partial charge in [-0.15, -0.1) is 0 Å². The molecule has 0 saturated carbocycles. The summed E-state index contributed by atoms with van der Waals surface area (Å²) >= 11 is 5.90. The maximum absolute atomic E-state index is 12.6. The fraction of sp³-hybridized carbons (Fsp3) is 0.0909. The topological polar surface area (TPSA) is 51.8 Å². The van der Waals surface area contributed by atoms with Gasteiger partial charge in [-0.05, 0) is 6.07 Å². The lowest BCUT2D eigenvalue weighted by Gasteiger charge is -2.09. The van der Waals surface area contributed by atoms with Crippen LogP contribution >= 0.6 is 11.6 Å². The lowest BCUT2D eigenvalue weighted by Crippen LogP contribution is -2.13. The van der Waals surface area contributed by atoms with Crippen LogP contribution in [0.15, 0.2) is 30.3 Å². The van der Waals surface area contributed by atoms with Crippen LogP contribution < -0.4 is 5.73 Å². The van der Waals surface area contributed by atoms with Crippen molar-refractivity contribution in [3.8, 4) is 11.3 Å². The standard InChI is InChI=1S/C11H7ClF3N3/c12-7-4-2-1-3-6(7)8-5-9(16)18-10(17-8)11(13,14)15/h1-5H,(H2,16,17,18). The van der Waals surface area contributed by atoms with Crippen molar-refractivity contribution in [2.45, 2.75) is 6.18 Å². The molecule has 0 amide bonds. The zero-order valence-corrected chi connectivity index (χ0v) is 9.63. The van der Waals surface area contributed by atoms with Gasteiger partial charge in [0, 0.05) is 16.7 Å². The van der Waals surface area contributed by atoms with Crippen LogP contribution in [0.4, 0.5) is 19.0 Å². The molecule has 1 heterocycles. The molecule has 2 aromatic rings. The summed E-state index contributed by atoms with van der Waals surface area (Å²) in [5, 5.41) is 0.295. The first-order chi connectivity index (χ1) is 8.38. The van der Waals surface area contributed by atoms with Gasteiger partial charge in [-0.1, -0.05) is 29.8 Å². The first kappa shape index (κ1) is 12.6. The third kappa shape index (κ3) is 2.53. The molecule has 0 unspecified atom stereocenters. The van der Waals surface area contributed by atoms with Crippen LogP contribution in [0.1, 0.15) is 5.82 Å². The minimum atomic E-state index is -4.65. The highest BCUT2D eigenvalue weighted by molar-refractivity contribution is 6.33. The van der Waals surface area contributed by atoms with Crippen molar-refractivity contribution in [3.63, 3.8) is 0 Å². The number of anilines is 1. The average molecular weight is 274 g/mol. The van der Waals surface area contributed by atoms with Gasteiger partial charge in [0.1, 0.15) is 5.82 Å². The largest absolute Gasteiger partial charge is 0.451 e. The summed E-state index contributed by atoms with van der Waals surface area (Å²) in [6, 6.07) is 7.68. The lowest BCUT2D eigenvalue weighted by molar-refractivity contribution is -0.144. The van der Waals surface area contributed by atoms with E-state index >= 15 is 0 Å². The van der Waals surface area contributed by atoms with Crippen LogP contribution in [-0.2, 0) is 6.18 Å². The molecule has 3 nitrogen and oxygen atoms in total. The number of halogens is 4. The molecular formula is C11H7ClF3N3. The van der Waals surface area contributed by atoms with Crippen molar-refractivity contribution < 1.29 is 13.2 Å². The third-order valence-corrected chi connectivity index (χ3v) is 2.48. The van der Waals surface area contributed by atoms with E-state index in [2.05, 4.69) is 9.97 Å². The van der Waals surface area contributed by atoms with Crippen molar-refractivity contribution in [2.24, 2.45) is 0 Å². The number of alkyl halides is 3. The summed E-state index contributed by atoms with van der Waals surface area (Å²) in [6.45, 7) is 0. The quantitative estimate of drug-likeness (QED) is 0.866. The van der Waals surface area contributed by atoms with Gasteiger partial charge in [0.05, 0.1) is 5.69 Å². The SMILES string of the molecule is Nc1cc(-c2ccccc2Cl)nc(C(F)(F)F)n1. The summed E-state index contributed by atoms with van der Waals surface area (Å²) in [5.74, 6) is -1.54. The Morgan fingerprint density at radius 1 is 1.11 bits per heavy atom. The van der Waals surface area contributed by atoms with Gasteiger partial charge < -0.3 is 5.73 Å². The van der Waals surface area contributed by atoms with E-state index in [1.54, 1.807) is 24.3 Å². The fourth-order valence-electron chi connectivity index (χ4n) is 1.40. The second-order valence-corrected chi connectivity index (χ2v) is 3.89. The molecule has 0 atom stereocenters. The molecule has 0 aliphatic heterocycles. The monoisotopic (exact) mass is 273 g/mol. The molecule has 18 heavy (non-hydrogen) atoms. The Morgan fingerprint density at radius 3 is 2.39 bits per heavy atom. The van der Waals surface area contributed by atoms with E-state index in [1.165, 1.54) is 6.07 Å². The Kier molecular flexibility index (Phi) is 3.13. The van der Waals surface area contributed by atoms with E-state index < -0.39 is 12.0 Å². The van der Waals surface area contributed by atoms with E-state index in [0.29, 0.717) is 10.6 Å². The Bertz CT molecular complexity index is 584. The first-order valence-corrected chi connectivity index (χ1v) is 5.22. The van der Waals surface area contributed by atoms with E-state index in [9.17, 15) is 13.2 Å². The van der Waals surface area contributed by atoms with E-state index in [1.807, 2.05) is 0 Å².